The highest BCUT2D eigenvalue weighted by molar-refractivity contribution is 6.31. The first kappa shape index (κ1) is 11.7. The highest BCUT2D eigenvalue weighted by atomic mass is 35.5. The zero-order valence-electron chi connectivity index (χ0n) is 9.63. The summed E-state index contributed by atoms with van der Waals surface area (Å²) in [6.45, 7) is 1.57. The van der Waals surface area contributed by atoms with E-state index in [9.17, 15) is 4.79 Å². The molecule has 0 saturated heterocycles. The molecule has 16 heavy (non-hydrogen) atoms. The van der Waals surface area contributed by atoms with Gasteiger partial charge in [0.2, 0.25) is 0 Å². The number of benzene rings is 1. The number of hydrogen-bond donors (Lipinski definition) is 0. The Bertz CT molecular complexity index is 392. The topological polar surface area (TPSA) is 17.1 Å². The molecule has 1 aliphatic carbocycles. The van der Waals surface area contributed by atoms with Gasteiger partial charge in [-0.1, -0.05) is 49.4 Å². The molecule has 0 bridgehead atoms. The Balaban J connectivity index is 2.12. The second kappa shape index (κ2) is 5.01. The van der Waals surface area contributed by atoms with E-state index in [1.54, 1.807) is 13.0 Å². The van der Waals surface area contributed by atoms with Crippen molar-refractivity contribution in [3.63, 3.8) is 0 Å². The van der Waals surface area contributed by atoms with Crippen LogP contribution in [0.5, 0.6) is 0 Å². The second-order valence-electron chi connectivity index (χ2n) is 4.72. The first-order valence-corrected chi connectivity index (χ1v) is 6.34. The molecule has 0 amide bonds. The number of carbonyl (C=O) groups excluding carboxylic acids is 1. The highest BCUT2D eigenvalue weighted by Crippen LogP contribution is 2.30. The van der Waals surface area contributed by atoms with Crippen LogP contribution < -0.4 is 0 Å². The van der Waals surface area contributed by atoms with Crippen LogP contribution in [0.1, 0.15) is 48.5 Å². The maximum absolute atomic E-state index is 11.2. The molecule has 2 rings (SSSR count). The van der Waals surface area contributed by atoms with Gasteiger partial charge in [-0.3, -0.25) is 4.79 Å². The number of ketones is 1. The minimum absolute atomic E-state index is 0.0781. The third-order valence-electron chi connectivity index (χ3n) is 3.44. The number of Topliss-reactive ketones (excluding diaryl/α,β-unsaturated/α-hetero) is 1. The van der Waals surface area contributed by atoms with Crippen LogP contribution >= 0.6 is 11.6 Å². The highest BCUT2D eigenvalue weighted by Gasteiger charge is 2.16. The van der Waals surface area contributed by atoms with Crippen molar-refractivity contribution < 1.29 is 4.79 Å². The number of hydrogen-bond acceptors (Lipinski definition) is 1. The van der Waals surface area contributed by atoms with Crippen LogP contribution in [0.4, 0.5) is 0 Å². The van der Waals surface area contributed by atoms with Crippen LogP contribution in [-0.2, 0) is 6.42 Å². The minimum Gasteiger partial charge on any atom is -0.295 e. The lowest BCUT2D eigenvalue weighted by atomic mass is 9.97. The van der Waals surface area contributed by atoms with E-state index in [-0.39, 0.29) is 5.78 Å². The van der Waals surface area contributed by atoms with Crippen molar-refractivity contribution >= 4 is 17.4 Å². The van der Waals surface area contributed by atoms with Crippen molar-refractivity contribution in [3.05, 3.63) is 34.3 Å². The Kier molecular flexibility index (Phi) is 3.65. The Morgan fingerprint density at radius 1 is 1.38 bits per heavy atom. The van der Waals surface area contributed by atoms with Gasteiger partial charge in [0.15, 0.2) is 5.78 Å². The van der Waals surface area contributed by atoms with Gasteiger partial charge in [-0.2, -0.15) is 0 Å². The predicted octanol–water partition coefficient (Wildman–Crippen LogP) is 4.28. The lowest BCUT2D eigenvalue weighted by Gasteiger charge is -2.11. The van der Waals surface area contributed by atoms with E-state index in [0.717, 1.165) is 17.4 Å². The SMILES string of the molecule is CC(=O)c1ccc(CC2CCCC2)c(Cl)c1. The first-order chi connectivity index (χ1) is 7.66. The Morgan fingerprint density at radius 3 is 2.62 bits per heavy atom. The summed E-state index contributed by atoms with van der Waals surface area (Å²) in [7, 11) is 0. The van der Waals surface area contributed by atoms with Gasteiger partial charge in [0.05, 0.1) is 0 Å². The molecule has 1 aromatic rings. The molecule has 1 fully saturated rings. The Hall–Kier alpha value is -0.820. The van der Waals surface area contributed by atoms with E-state index in [1.165, 1.54) is 31.2 Å². The van der Waals surface area contributed by atoms with Gasteiger partial charge in [0.1, 0.15) is 0 Å². The van der Waals surface area contributed by atoms with Gasteiger partial charge in [0.25, 0.3) is 0 Å². The maximum Gasteiger partial charge on any atom is 0.159 e. The zero-order chi connectivity index (χ0) is 11.5. The largest absolute Gasteiger partial charge is 0.295 e. The Labute approximate surface area is 102 Å². The molecule has 1 saturated carbocycles. The van der Waals surface area contributed by atoms with E-state index in [0.29, 0.717) is 5.56 Å². The number of halogens is 1. The minimum atomic E-state index is 0.0781. The fourth-order valence-corrected chi connectivity index (χ4v) is 2.72. The van der Waals surface area contributed by atoms with Gasteiger partial charge < -0.3 is 0 Å². The third kappa shape index (κ3) is 2.65. The van der Waals surface area contributed by atoms with Gasteiger partial charge in [-0.05, 0) is 30.9 Å². The monoisotopic (exact) mass is 236 g/mol. The molecule has 2 heteroatoms. The summed E-state index contributed by atoms with van der Waals surface area (Å²) in [5.41, 5.74) is 1.90. The van der Waals surface area contributed by atoms with E-state index < -0.39 is 0 Å². The molecule has 0 aliphatic heterocycles. The smallest absolute Gasteiger partial charge is 0.159 e. The van der Waals surface area contributed by atoms with Crippen LogP contribution in [-0.4, -0.2) is 5.78 Å². The summed E-state index contributed by atoms with van der Waals surface area (Å²) >= 11 is 6.20. The average Bonchev–Trinajstić information content (AvgIpc) is 2.73. The number of rotatable bonds is 3. The summed E-state index contributed by atoms with van der Waals surface area (Å²) in [4.78, 5) is 11.2. The third-order valence-corrected chi connectivity index (χ3v) is 3.79. The van der Waals surface area contributed by atoms with Crippen LogP contribution in [0.2, 0.25) is 5.02 Å². The van der Waals surface area contributed by atoms with Crippen molar-refractivity contribution in [2.24, 2.45) is 5.92 Å². The fourth-order valence-electron chi connectivity index (χ4n) is 2.46. The molecule has 0 heterocycles. The van der Waals surface area contributed by atoms with Crippen molar-refractivity contribution in [1.29, 1.82) is 0 Å². The molecule has 0 N–H and O–H groups in total. The maximum atomic E-state index is 11.2. The molecular formula is C14H17ClO. The van der Waals surface area contributed by atoms with E-state index in [4.69, 9.17) is 11.6 Å². The van der Waals surface area contributed by atoms with E-state index in [2.05, 4.69) is 0 Å². The molecule has 1 nitrogen and oxygen atoms in total. The molecule has 1 aliphatic rings. The predicted molar refractivity (Wildman–Crippen MR) is 67.1 cm³/mol. The van der Waals surface area contributed by atoms with Crippen LogP contribution in [0.25, 0.3) is 0 Å². The van der Waals surface area contributed by atoms with Gasteiger partial charge >= 0.3 is 0 Å². The van der Waals surface area contributed by atoms with E-state index >= 15 is 0 Å². The van der Waals surface area contributed by atoms with Crippen molar-refractivity contribution in [2.45, 2.75) is 39.0 Å². The molecule has 0 radical (unpaired) electrons. The molecule has 0 spiro atoms. The molecule has 1 aromatic carbocycles. The quantitative estimate of drug-likeness (QED) is 0.716. The average molecular weight is 237 g/mol. The first-order valence-electron chi connectivity index (χ1n) is 5.96. The molecule has 0 aromatic heterocycles. The van der Waals surface area contributed by atoms with Gasteiger partial charge in [-0.25, -0.2) is 0 Å². The second-order valence-corrected chi connectivity index (χ2v) is 5.12. The normalized spacial score (nSPS) is 16.6. The van der Waals surface area contributed by atoms with Crippen LogP contribution in [0, 0.1) is 5.92 Å². The van der Waals surface area contributed by atoms with E-state index in [1.807, 2.05) is 12.1 Å². The lowest BCUT2D eigenvalue weighted by molar-refractivity contribution is 0.101. The Morgan fingerprint density at radius 2 is 2.06 bits per heavy atom. The van der Waals surface area contributed by atoms with Gasteiger partial charge in [-0.15, -0.1) is 0 Å². The van der Waals surface area contributed by atoms with Crippen molar-refractivity contribution in [2.75, 3.05) is 0 Å². The van der Waals surface area contributed by atoms with Crippen molar-refractivity contribution in [3.8, 4) is 0 Å². The molecule has 0 unspecified atom stereocenters. The molecular weight excluding hydrogens is 220 g/mol. The standard InChI is InChI=1S/C14H17ClO/c1-10(16)12-6-7-13(14(15)9-12)8-11-4-2-3-5-11/h6-7,9,11H,2-5,8H2,1H3. The summed E-state index contributed by atoms with van der Waals surface area (Å²) < 4.78 is 0. The summed E-state index contributed by atoms with van der Waals surface area (Å²) in [5, 5.41) is 0.750. The molecule has 86 valence electrons. The number of carbonyl (C=O) groups is 1. The van der Waals surface area contributed by atoms with Crippen molar-refractivity contribution in [1.82, 2.24) is 0 Å². The summed E-state index contributed by atoms with van der Waals surface area (Å²) in [5.74, 6) is 0.870. The van der Waals surface area contributed by atoms with Gasteiger partial charge in [0, 0.05) is 10.6 Å². The zero-order valence-corrected chi connectivity index (χ0v) is 10.4. The summed E-state index contributed by atoms with van der Waals surface area (Å²) in [6.07, 6.45) is 6.42. The lowest BCUT2D eigenvalue weighted by Crippen LogP contribution is -2.00. The molecule has 0 atom stereocenters. The fraction of sp³-hybridized carbons (Fsp3) is 0.500. The van der Waals surface area contributed by atoms with Crippen LogP contribution in [0.3, 0.4) is 0 Å². The summed E-state index contributed by atoms with van der Waals surface area (Å²) in [6, 6.07) is 5.70. The van der Waals surface area contributed by atoms with Crippen LogP contribution in [0.15, 0.2) is 18.2 Å².